The molecule has 0 fully saturated rings. The van der Waals surface area contributed by atoms with Crippen molar-refractivity contribution in [3.05, 3.63) is 0 Å². The molecular weight excluding hydrogens is 152 g/mol. The average Bonchev–Trinajstić information content (AvgIpc) is 1.84. The Labute approximate surface area is 75.3 Å². The summed E-state index contributed by atoms with van der Waals surface area (Å²) in [5, 5.41) is 0. The molecule has 12 heavy (non-hydrogen) atoms. The van der Waals surface area contributed by atoms with Gasteiger partial charge >= 0.3 is 0 Å². The van der Waals surface area contributed by atoms with Crippen LogP contribution in [0.5, 0.6) is 0 Å². The smallest absolute Gasteiger partial charge is 0.293 e. The maximum atomic E-state index is 9.89. The van der Waals surface area contributed by atoms with E-state index in [0.29, 0.717) is 19.0 Å². The summed E-state index contributed by atoms with van der Waals surface area (Å²) in [5.74, 6) is 0.705. The van der Waals surface area contributed by atoms with Crippen molar-refractivity contribution >= 4 is 6.47 Å². The predicted molar refractivity (Wildman–Crippen MR) is 49.9 cm³/mol. The van der Waals surface area contributed by atoms with Crippen LogP contribution in [0.25, 0.3) is 0 Å². The van der Waals surface area contributed by atoms with Crippen molar-refractivity contribution in [2.45, 2.75) is 40.5 Å². The molecule has 0 spiro atoms. The first-order valence-electron chi connectivity index (χ1n) is 4.53. The highest BCUT2D eigenvalue weighted by molar-refractivity contribution is 5.36. The van der Waals surface area contributed by atoms with Crippen LogP contribution < -0.4 is 0 Å². The fourth-order valence-corrected chi connectivity index (χ4v) is 1.59. The van der Waals surface area contributed by atoms with Crippen LogP contribution in [-0.4, -0.2) is 13.1 Å². The maximum absolute atomic E-state index is 9.89. The van der Waals surface area contributed by atoms with Gasteiger partial charge in [0, 0.05) is 0 Å². The number of hydrogen-bond acceptors (Lipinski definition) is 2. The third-order valence-corrected chi connectivity index (χ3v) is 1.93. The summed E-state index contributed by atoms with van der Waals surface area (Å²) in [6.45, 7) is 9.90. The average molecular weight is 172 g/mol. The van der Waals surface area contributed by atoms with Crippen molar-refractivity contribution in [1.29, 1.82) is 0 Å². The molecule has 0 saturated heterocycles. The largest absolute Gasteiger partial charge is 0.468 e. The summed E-state index contributed by atoms with van der Waals surface area (Å²) in [6.07, 6.45) is 2.12. The number of rotatable bonds is 6. The van der Waals surface area contributed by atoms with Crippen molar-refractivity contribution in [2.24, 2.45) is 11.3 Å². The van der Waals surface area contributed by atoms with Crippen LogP contribution in [0.1, 0.15) is 40.5 Å². The molecule has 0 aromatic rings. The Bertz CT molecular complexity index is 128. The van der Waals surface area contributed by atoms with Crippen molar-refractivity contribution < 1.29 is 9.53 Å². The second kappa shape index (κ2) is 5.18. The van der Waals surface area contributed by atoms with E-state index in [-0.39, 0.29) is 5.41 Å². The minimum absolute atomic E-state index is 0.289. The molecule has 0 aromatic carbocycles. The topological polar surface area (TPSA) is 26.3 Å². The monoisotopic (exact) mass is 172 g/mol. The van der Waals surface area contributed by atoms with Gasteiger partial charge in [0.05, 0.1) is 6.61 Å². The molecule has 0 unspecified atom stereocenters. The standard InChI is InChI=1S/C10H20O2/c1-9(2)7-10(3,4)5-6-12-8-11/h8-9H,5-7H2,1-4H3. The van der Waals surface area contributed by atoms with Crippen molar-refractivity contribution in [3.63, 3.8) is 0 Å². The fraction of sp³-hybridized carbons (Fsp3) is 0.900. The molecule has 0 aromatic heterocycles. The summed E-state index contributed by atoms with van der Waals surface area (Å²) in [5.41, 5.74) is 0.289. The lowest BCUT2D eigenvalue weighted by molar-refractivity contribution is -0.129. The number of hydrogen-bond donors (Lipinski definition) is 0. The fourth-order valence-electron chi connectivity index (χ4n) is 1.59. The van der Waals surface area contributed by atoms with Gasteiger partial charge in [0.2, 0.25) is 0 Å². The highest BCUT2D eigenvalue weighted by atomic mass is 16.5. The third-order valence-electron chi connectivity index (χ3n) is 1.93. The Hall–Kier alpha value is -0.530. The molecule has 72 valence electrons. The maximum Gasteiger partial charge on any atom is 0.293 e. The van der Waals surface area contributed by atoms with Gasteiger partial charge in [-0.2, -0.15) is 0 Å². The van der Waals surface area contributed by atoms with Crippen LogP contribution in [0.3, 0.4) is 0 Å². The van der Waals surface area contributed by atoms with Crippen molar-refractivity contribution in [2.75, 3.05) is 6.61 Å². The van der Waals surface area contributed by atoms with E-state index in [1.54, 1.807) is 0 Å². The van der Waals surface area contributed by atoms with Crippen LogP contribution in [0, 0.1) is 11.3 Å². The van der Waals surface area contributed by atoms with Gasteiger partial charge in [-0.3, -0.25) is 4.79 Å². The summed E-state index contributed by atoms with van der Waals surface area (Å²) >= 11 is 0. The lowest BCUT2D eigenvalue weighted by Crippen LogP contribution is -2.16. The summed E-state index contributed by atoms with van der Waals surface area (Å²) in [4.78, 5) is 9.89. The summed E-state index contributed by atoms with van der Waals surface area (Å²) in [7, 11) is 0. The Morgan fingerprint density at radius 3 is 2.42 bits per heavy atom. The van der Waals surface area contributed by atoms with Crippen LogP contribution >= 0.6 is 0 Å². The molecule has 0 atom stereocenters. The summed E-state index contributed by atoms with van der Waals surface area (Å²) in [6, 6.07) is 0. The molecule has 0 N–H and O–H groups in total. The number of carbonyl (C=O) groups is 1. The third kappa shape index (κ3) is 6.20. The summed E-state index contributed by atoms with van der Waals surface area (Å²) < 4.78 is 4.67. The van der Waals surface area contributed by atoms with E-state index < -0.39 is 0 Å². The highest BCUT2D eigenvalue weighted by Crippen LogP contribution is 2.28. The molecule has 0 radical (unpaired) electrons. The van der Waals surface area contributed by atoms with E-state index in [1.807, 2.05) is 0 Å². The van der Waals surface area contributed by atoms with Gasteiger partial charge < -0.3 is 4.74 Å². The van der Waals surface area contributed by atoms with Gasteiger partial charge in [-0.15, -0.1) is 0 Å². The van der Waals surface area contributed by atoms with Crippen LogP contribution in [0.4, 0.5) is 0 Å². The Kier molecular flexibility index (Phi) is 4.95. The van der Waals surface area contributed by atoms with Gasteiger partial charge in [-0.25, -0.2) is 0 Å². The Morgan fingerprint density at radius 2 is 2.00 bits per heavy atom. The minimum atomic E-state index is 0.289. The van der Waals surface area contributed by atoms with E-state index in [1.165, 1.54) is 6.42 Å². The molecule has 2 nitrogen and oxygen atoms in total. The molecule has 0 heterocycles. The molecule has 0 aliphatic carbocycles. The van der Waals surface area contributed by atoms with E-state index >= 15 is 0 Å². The number of ether oxygens (including phenoxy) is 1. The molecular formula is C10H20O2. The van der Waals surface area contributed by atoms with E-state index in [0.717, 1.165) is 6.42 Å². The first-order valence-corrected chi connectivity index (χ1v) is 4.53. The SMILES string of the molecule is CC(C)CC(C)(C)CCOC=O. The van der Waals surface area contributed by atoms with Gasteiger partial charge in [-0.1, -0.05) is 27.7 Å². The quantitative estimate of drug-likeness (QED) is 0.455. The van der Waals surface area contributed by atoms with Crippen molar-refractivity contribution in [3.8, 4) is 0 Å². The first-order chi connectivity index (χ1) is 5.48. The Balaban J connectivity index is 3.62. The van der Waals surface area contributed by atoms with E-state index in [9.17, 15) is 4.79 Å². The van der Waals surface area contributed by atoms with Crippen LogP contribution in [-0.2, 0) is 9.53 Å². The molecule has 0 amide bonds. The first kappa shape index (κ1) is 11.5. The zero-order valence-corrected chi connectivity index (χ0v) is 8.59. The predicted octanol–water partition coefficient (Wildman–Crippen LogP) is 2.62. The normalized spacial score (nSPS) is 11.8. The second-order valence-corrected chi connectivity index (χ2v) is 4.48. The zero-order chi connectivity index (χ0) is 9.61. The van der Waals surface area contributed by atoms with E-state index in [4.69, 9.17) is 0 Å². The van der Waals surface area contributed by atoms with Crippen LogP contribution in [0.15, 0.2) is 0 Å². The molecule has 0 saturated carbocycles. The minimum Gasteiger partial charge on any atom is -0.468 e. The second-order valence-electron chi connectivity index (χ2n) is 4.48. The molecule has 0 bridgehead atoms. The van der Waals surface area contributed by atoms with E-state index in [2.05, 4.69) is 32.4 Å². The molecule has 0 aliphatic rings. The lowest BCUT2D eigenvalue weighted by atomic mass is 9.81. The van der Waals surface area contributed by atoms with Gasteiger partial charge in [0.15, 0.2) is 0 Å². The van der Waals surface area contributed by atoms with Crippen molar-refractivity contribution in [1.82, 2.24) is 0 Å². The van der Waals surface area contributed by atoms with Crippen LogP contribution in [0.2, 0.25) is 0 Å². The molecule has 2 heteroatoms. The molecule has 0 aliphatic heterocycles. The molecule has 0 rings (SSSR count). The zero-order valence-electron chi connectivity index (χ0n) is 8.59. The highest BCUT2D eigenvalue weighted by Gasteiger charge is 2.18. The Morgan fingerprint density at radius 1 is 1.42 bits per heavy atom. The van der Waals surface area contributed by atoms with Gasteiger partial charge in [0.25, 0.3) is 6.47 Å². The number of carbonyl (C=O) groups excluding carboxylic acids is 1. The van der Waals surface area contributed by atoms with Gasteiger partial charge in [-0.05, 0) is 24.2 Å². The van der Waals surface area contributed by atoms with Gasteiger partial charge in [0.1, 0.15) is 0 Å². The lowest BCUT2D eigenvalue weighted by Gasteiger charge is -2.25.